The lowest BCUT2D eigenvalue weighted by Crippen LogP contribution is -2.28. The van der Waals surface area contributed by atoms with Gasteiger partial charge in [0.05, 0.1) is 0 Å². The maximum absolute atomic E-state index is 12.1. The van der Waals surface area contributed by atoms with Gasteiger partial charge >= 0.3 is 6.36 Å². The van der Waals surface area contributed by atoms with Gasteiger partial charge in [-0.2, -0.15) is 0 Å². The van der Waals surface area contributed by atoms with E-state index in [9.17, 15) is 13.2 Å². The van der Waals surface area contributed by atoms with Gasteiger partial charge < -0.3 is 10.5 Å². The summed E-state index contributed by atoms with van der Waals surface area (Å²) in [6.45, 7) is 8.82. The second kappa shape index (κ2) is 4.90. The fourth-order valence-corrected chi connectivity index (χ4v) is 3.54. The zero-order valence-corrected chi connectivity index (χ0v) is 12.8. The van der Waals surface area contributed by atoms with Crippen LogP contribution < -0.4 is 10.5 Å². The van der Waals surface area contributed by atoms with E-state index in [0.29, 0.717) is 12.3 Å². The van der Waals surface area contributed by atoms with Crippen molar-refractivity contribution in [2.24, 2.45) is 22.5 Å². The molecule has 1 unspecified atom stereocenters. The highest BCUT2D eigenvalue weighted by Gasteiger charge is 2.66. The molecule has 2 N–H and O–H groups in total. The minimum atomic E-state index is -4.65. The van der Waals surface area contributed by atoms with Gasteiger partial charge in [-0.3, -0.25) is 0 Å². The topological polar surface area (TPSA) is 35.2 Å². The minimum absolute atomic E-state index is 0.00406. The van der Waals surface area contributed by atoms with E-state index in [2.05, 4.69) is 32.4 Å². The van der Waals surface area contributed by atoms with Crippen LogP contribution in [-0.4, -0.2) is 12.4 Å². The lowest BCUT2D eigenvalue weighted by molar-refractivity contribution is -0.274. The van der Waals surface area contributed by atoms with Crippen LogP contribution in [0.25, 0.3) is 0 Å². The Kier molecular flexibility index (Phi) is 3.77. The normalized spacial score (nSPS) is 21.9. The monoisotopic (exact) mass is 301 g/mol. The van der Waals surface area contributed by atoms with Crippen LogP contribution in [0.3, 0.4) is 0 Å². The Balaban J connectivity index is 1.99. The molecular formula is C16H22F3NO. The van der Waals surface area contributed by atoms with E-state index in [0.717, 1.165) is 5.56 Å². The standard InChI is InChI=1S/C16H22F3NO/c1-14(2)13(15(14,3)4)12(20)9-10-5-7-11(8-6-10)21-16(17,18)19/h5-8,12-13H,9,20H2,1-4H3. The van der Waals surface area contributed by atoms with E-state index in [1.165, 1.54) is 12.1 Å². The molecule has 0 spiro atoms. The number of rotatable bonds is 4. The van der Waals surface area contributed by atoms with Crippen LogP contribution in [0, 0.1) is 16.7 Å². The molecule has 5 heteroatoms. The third-order valence-electron chi connectivity index (χ3n) is 5.19. The van der Waals surface area contributed by atoms with Crippen LogP contribution in [0.5, 0.6) is 5.75 Å². The summed E-state index contributed by atoms with van der Waals surface area (Å²) in [6, 6.07) is 5.95. The molecule has 1 aromatic carbocycles. The predicted octanol–water partition coefficient (Wildman–Crippen LogP) is 4.14. The number of hydrogen-bond donors (Lipinski definition) is 1. The number of benzene rings is 1. The first-order chi connectivity index (χ1) is 9.45. The largest absolute Gasteiger partial charge is 0.573 e. The zero-order chi connectivity index (χ0) is 16.1. The van der Waals surface area contributed by atoms with Gasteiger partial charge in [0.15, 0.2) is 0 Å². The minimum Gasteiger partial charge on any atom is -0.406 e. The summed E-state index contributed by atoms with van der Waals surface area (Å²) >= 11 is 0. The molecule has 0 heterocycles. The first-order valence-corrected chi connectivity index (χ1v) is 7.05. The average Bonchev–Trinajstić information content (AvgIpc) is 2.70. The zero-order valence-electron chi connectivity index (χ0n) is 12.8. The quantitative estimate of drug-likeness (QED) is 0.907. The molecule has 1 saturated carbocycles. The van der Waals surface area contributed by atoms with Crippen molar-refractivity contribution >= 4 is 0 Å². The molecule has 2 rings (SSSR count). The first kappa shape index (κ1) is 16.1. The molecule has 1 atom stereocenters. The van der Waals surface area contributed by atoms with E-state index in [1.54, 1.807) is 12.1 Å². The average molecular weight is 301 g/mol. The van der Waals surface area contributed by atoms with Crippen LogP contribution in [0.1, 0.15) is 33.3 Å². The molecule has 1 aliphatic carbocycles. The highest BCUT2D eigenvalue weighted by molar-refractivity contribution is 5.29. The first-order valence-electron chi connectivity index (χ1n) is 7.05. The van der Waals surface area contributed by atoms with Gasteiger partial charge in [0, 0.05) is 6.04 Å². The van der Waals surface area contributed by atoms with Crippen molar-refractivity contribution in [3.63, 3.8) is 0 Å². The third kappa shape index (κ3) is 3.18. The summed E-state index contributed by atoms with van der Waals surface area (Å²) in [5.74, 6) is 0.211. The Hall–Kier alpha value is -1.23. The summed E-state index contributed by atoms with van der Waals surface area (Å²) in [5, 5.41) is 0. The van der Waals surface area contributed by atoms with Crippen molar-refractivity contribution in [3.05, 3.63) is 29.8 Å². The highest BCUT2D eigenvalue weighted by Crippen LogP contribution is 2.69. The number of ether oxygens (including phenoxy) is 1. The SMILES string of the molecule is CC1(C)C(C(N)Cc2ccc(OC(F)(F)F)cc2)C1(C)C. The lowest BCUT2D eigenvalue weighted by Gasteiger charge is -2.15. The maximum atomic E-state index is 12.1. The lowest BCUT2D eigenvalue weighted by atomic mass is 9.98. The summed E-state index contributed by atoms with van der Waals surface area (Å²) < 4.78 is 40.1. The van der Waals surface area contributed by atoms with E-state index in [4.69, 9.17) is 5.73 Å². The molecule has 1 aromatic rings. The molecule has 0 aliphatic heterocycles. The van der Waals surface area contributed by atoms with Crippen molar-refractivity contribution in [1.29, 1.82) is 0 Å². The van der Waals surface area contributed by atoms with Gasteiger partial charge in [0.25, 0.3) is 0 Å². The predicted molar refractivity (Wildman–Crippen MR) is 75.9 cm³/mol. The van der Waals surface area contributed by atoms with Crippen molar-refractivity contribution in [1.82, 2.24) is 0 Å². The molecule has 118 valence electrons. The Morgan fingerprint density at radius 3 is 1.95 bits per heavy atom. The van der Waals surface area contributed by atoms with Gasteiger partial charge in [0.2, 0.25) is 0 Å². The van der Waals surface area contributed by atoms with E-state index in [-0.39, 0.29) is 22.6 Å². The maximum Gasteiger partial charge on any atom is 0.573 e. The molecule has 0 saturated heterocycles. The highest BCUT2D eigenvalue weighted by atomic mass is 19.4. The molecule has 2 nitrogen and oxygen atoms in total. The Bertz CT molecular complexity index is 491. The summed E-state index contributed by atoms with van der Waals surface area (Å²) in [5.41, 5.74) is 7.62. The number of nitrogens with two attached hydrogens (primary N) is 1. The Morgan fingerprint density at radius 1 is 1.10 bits per heavy atom. The van der Waals surface area contributed by atoms with Gasteiger partial charge in [-0.05, 0) is 40.9 Å². The molecule has 0 aromatic heterocycles. The van der Waals surface area contributed by atoms with Gasteiger partial charge in [-0.15, -0.1) is 13.2 Å². The van der Waals surface area contributed by atoms with E-state index >= 15 is 0 Å². The molecular weight excluding hydrogens is 279 g/mol. The Labute approximate surface area is 123 Å². The molecule has 21 heavy (non-hydrogen) atoms. The molecule has 1 aliphatic rings. The van der Waals surface area contributed by atoms with Gasteiger partial charge in [-0.25, -0.2) is 0 Å². The van der Waals surface area contributed by atoms with Crippen molar-refractivity contribution in [2.75, 3.05) is 0 Å². The van der Waals surface area contributed by atoms with Crippen LogP contribution in [0.4, 0.5) is 13.2 Å². The van der Waals surface area contributed by atoms with E-state index in [1.807, 2.05) is 0 Å². The fourth-order valence-electron chi connectivity index (χ4n) is 3.54. The van der Waals surface area contributed by atoms with Gasteiger partial charge in [0.1, 0.15) is 5.75 Å². The van der Waals surface area contributed by atoms with Crippen LogP contribution in [0.15, 0.2) is 24.3 Å². The summed E-state index contributed by atoms with van der Waals surface area (Å²) in [4.78, 5) is 0. The number of hydrogen-bond acceptors (Lipinski definition) is 2. The second-order valence-electron chi connectivity index (χ2n) is 6.98. The fraction of sp³-hybridized carbons (Fsp3) is 0.625. The van der Waals surface area contributed by atoms with Crippen molar-refractivity contribution in [3.8, 4) is 5.75 Å². The number of halogens is 3. The smallest absolute Gasteiger partial charge is 0.406 e. The van der Waals surface area contributed by atoms with Crippen molar-refractivity contribution < 1.29 is 17.9 Å². The Morgan fingerprint density at radius 2 is 1.57 bits per heavy atom. The third-order valence-corrected chi connectivity index (χ3v) is 5.19. The molecule has 0 amide bonds. The summed E-state index contributed by atoms with van der Waals surface area (Å²) in [6.07, 6.45) is -4.00. The molecule has 0 bridgehead atoms. The molecule has 1 fully saturated rings. The van der Waals surface area contributed by atoms with Crippen LogP contribution >= 0.6 is 0 Å². The summed E-state index contributed by atoms with van der Waals surface area (Å²) in [7, 11) is 0. The molecule has 0 radical (unpaired) electrons. The second-order valence-corrected chi connectivity index (χ2v) is 6.98. The number of alkyl halides is 3. The van der Waals surface area contributed by atoms with Crippen molar-refractivity contribution in [2.45, 2.75) is 46.5 Å². The van der Waals surface area contributed by atoms with Crippen LogP contribution in [0.2, 0.25) is 0 Å². The van der Waals surface area contributed by atoms with E-state index < -0.39 is 6.36 Å². The van der Waals surface area contributed by atoms with Crippen LogP contribution in [-0.2, 0) is 6.42 Å². The van der Waals surface area contributed by atoms with Gasteiger partial charge in [-0.1, -0.05) is 39.8 Å².